The molecule has 120 valence electrons. The normalized spacial score (nSPS) is 12.7. The van der Waals surface area contributed by atoms with Gasteiger partial charge in [-0.05, 0) is 24.0 Å². The van der Waals surface area contributed by atoms with Gasteiger partial charge in [0.15, 0.2) is 0 Å². The molecular formula is C16H24N4O2. The van der Waals surface area contributed by atoms with Crippen LogP contribution in [-0.2, 0) is 13.0 Å². The van der Waals surface area contributed by atoms with Crippen LogP contribution in [-0.4, -0.2) is 26.5 Å². The number of nitrogens with two attached hydrogens (primary N) is 1. The van der Waals surface area contributed by atoms with E-state index in [0.717, 1.165) is 37.7 Å². The number of aromatic carboxylic acids is 1. The number of hydrogen-bond donors (Lipinski definition) is 3. The summed E-state index contributed by atoms with van der Waals surface area (Å²) in [6.07, 6.45) is 5.21. The van der Waals surface area contributed by atoms with E-state index in [-0.39, 0.29) is 6.54 Å². The number of aromatic nitrogens is 3. The van der Waals surface area contributed by atoms with Gasteiger partial charge >= 0.3 is 5.97 Å². The number of nitrogens with zero attached hydrogens (tertiary/aromatic N) is 2. The van der Waals surface area contributed by atoms with Crippen LogP contribution in [0.25, 0.3) is 11.0 Å². The Morgan fingerprint density at radius 3 is 2.77 bits per heavy atom. The van der Waals surface area contributed by atoms with Crippen LogP contribution in [0.15, 0.2) is 6.07 Å². The number of rotatable bonds is 8. The fourth-order valence-electron chi connectivity index (χ4n) is 2.99. The minimum absolute atomic E-state index is 0.143. The number of benzene rings is 1. The van der Waals surface area contributed by atoms with E-state index in [1.165, 1.54) is 0 Å². The van der Waals surface area contributed by atoms with Crippen LogP contribution in [0.5, 0.6) is 0 Å². The molecule has 2 aromatic rings. The molecular weight excluding hydrogens is 280 g/mol. The summed E-state index contributed by atoms with van der Waals surface area (Å²) >= 11 is 0. The maximum absolute atomic E-state index is 11.7. The Morgan fingerprint density at radius 2 is 2.18 bits per heavy atom. The number of fused-ring (bicyclic) bond motifs is 1. The van der Waals surface area contributed by atoms with Crippen molar-refractivity contribution in [2.75, 3.05) is 0 Å². The van der Waals surface area contributed by atoms with Crippen molar-refractivity contribution in [3.8, 4) is 0 Å². The summed E-state index contributed by atoms with van der Waals surface area (Å²) in [5.41, 5.74) is 8.72. The van der Waals surface area contributed by atoms with Crippen molar-refractivity contribution in [1.29, 1.82) is 0 Å². The van der Waals surface area contributed by atoms with Gasteiger partial charge in [0.05, 0.1) is 5.56 Å². The molecule has 1 atom stereocenters. The van der Waals surface area contributed by atoms with Crippen molar-refractivity contribution in [1.82, 2.24) is 15.4 Å². The van der Waals surface area contributed by atoms with Crippen LogP contribution in [0.3, 0.4) is 0 Å². The van der Waals surface area contributed by atoms with E-state index in [0.29, 0.717) is 28.1 Å². The fourth-order valence-corrected chi connectivity index (χ4v) is 2.99. The minimum Gasteiger partial charge on any atom is -0.478 e. The molecule has 0 aliphatic rings. The number of carbonyl (C=O) groups is 1. The lowest BCUT2D eigenvalue weighted by Gasteiger charge is -2.17. The van der Waals surface area contributed by atoms with Crippen LogP contribution in [0.2, 0.25) is 0 Å². The van der Waals surface area contributed by atoms with Crippen molar-refractivity contribution in [3.05, 3.63) is 22.8 Å². The standard InChI is InChI=1S/C16H24N4O2/c1-3-5-6-10(4-2)7-11-8-13-15(19-20-18-13)12(9-17)14(11)16(21)22/h8,10H,3-7,9,17H2,1-2H3,(H,21,22)(H,18,19,20). The van der Waals surface area contributed by atoms with Gasteiger partial charge in [0, 0.05) is 12.1 Å². The van der Waals surface area contributed by atoms with Gasteiger partial charge in [-0.25, -0.2) is 4.79 Å². The Bertz CT molecular complexity index is 651. The lowest BCUT2D eigenvalue weighted by atomic mass is 9.88. The highest BCUT2D eigenvalue weighted by molar-refractivity contribution is 5.97. The molecule has 1 aromatic heterocycles. The van der Waals surface area contributed by atoms with Crippen LogP contribution in [0, 0.1) is 5.92 Å². The second-order valence-electron chi connectivity index (χ2n) is 5.71. The quantitative estimate of drug-likeness (QED) is 0.695. The maximum Gasteiger partial charge on any atom is 0.336 e. The number of aromatic amines is 1. The Hall–Kier alpha value is -1.95. The third-order valence-corrected chi connectivity index (χ3v) is 4.26. The molecule has 0 aliphatic carbocycles. The Balaban J connectivity index is 2.46. The first-order valence-electron chi connectivity index (χ1n) is 7.90. The van der Waals surface area contributed by atoms with Crippen LogP contribution in [0.1, 0.15) is 61.0 Å². The van der Waals surface area contributed by atoms with E-state index in [2.05, 4.69) is 29.3 Å². The summed E-state index contributed by atoms with van der Waals surface area (Å²) in [7, 11) is 0. The van der Waals surface area contributed by atoms with Gasteiger partial charge in [0.25, 0.3) is 0 Å². The van der Waals surface area contributed by atoms with Gasteiger partial charge in [-0.1, -0.05) is 39.5 Å². The molecule has 0 saturated heterocycles. The molecule has 1 unspecified atom stereocenters. The van der Waals surface area contributed by atoms with Gasteiger partial charge in [-0.15, -0.1) is 0 Å². The zero-order valence-electron chi connectivity index (χ0n) is 13.2. The van der Waals surface area contributed by atoms with E-state index in [4.69, 9.17) is 5.73 Å². The predicted molar refractivity (Wildman–Crippen MR) is 85.7 cm³/mol. The van der Waals surface area contributed by atoms with Gasteiger partial charge < -0.3 is 10.8 Å². The monoisotopic (exact) mass is 304 g/mol. The molecule has 0 fully saturated rings. The smallest absolute Gasteiger partial charge is 0.336 e. The van der Waals surface area contributed by atoms with Crippen molar-refractivity contribution < 1.29 is 9.90 Å². The number of unbranched alkanes of at least 4 members (excludes halogenated alkanes) is 1. The van der Waals surface area contributed by atoms with E-state index < -0.39 is 5.97 Å². The number of nitrogens with one attached hydrogen (secondary N) is 1. The second kappa shape index (κ2) is 7.35. The third kappa shape index (κ3) is 3.27. The molecule has 4 N–H and O–H groups in total. The molecule has 0 bridgehead atoms. The third-order valence-electron chi connectivity index (χ3n) is 4.26. The molecule has 0 radical (unpaired) electrons. The zero-order chi connectivity index (χ0) is 16.1. The highest BCUT2D eigenvalue weighted by Gasteiger charge is 2.22. The van der Waals surface area contributed by atoms with E-state index in [1.54, 1.807) is 0 Å². The van der Waals surface area contributed by atoms with Crippen LogP contribution >= 0.6 is 0 Å². The maximum atomic E-state index is 11.7. The highest BCUT2D eigenvalue weighted by atomic mass is 16.4. The first-order chi connectivity index (χ1) is 10.6. The molecule has 0 saturated carbocycles. The van der Waals surface area contributed by atoms with Crippen LogP contribution < -0.4 is 5.73 Å². The first-order valence-corrected chi connectivity index (χ1v) is 7.90. The van der Waals surface area contributed by atoms with Crippen molar-refractivity contribution in [2.24, 2.45) is 11.7 Å². The lowest BCUT2D eigenvalue weighted by molar-refractivity contribution is 0.0694. The zero-order valence-corrected chi connectivity index (χ0v) is 13.2. The topological polar surface area (TPSA) is 105 Å². The number of hydrogen-bond acceptors (Lipinski definition) is 4. The minimum atomic E-state index is -0.939. The molecule has 6 nitrogen and oxygen atoms in total. The van der Waals surface area contributed by atoms with Crippen molar-refractivity contribution >= 4 is 17.0 Å². The molecule has 22 heavy (non-hydrogen) atoms. The highest BCUT2D eigenvalue weighted by Crippen LogP contribution is 2.27. The van der Waals surface area contributed by atoms with Crippen LogP contribution in [0.4, 0.5) is 0 Å². The predicted octanol–water partition coefficient (Wildman–Crippen LogP) is 2.87. The van der Waals surface area contributed by atoms with E-state index >= 15 is 0 Å². The summed E-state index contributed by atoms with van der Waals surface area (Å²) in [5, 5.41) is 20.3. The van der Waals surface area contributed by atoms with Gasteiger partial charge in [-0.3, -0.25) is 0 Å². The summed E-state index contributed by atoms with van der Waals surface area (Å²) < 4.78 is 0. The van der Waals surface area contributed by atoms with Gasteiger partial charge in [0.2, 0.25) is 0 Å². The molecule has 0 aliphatic heterocycles. The van der Waals surface area contributed by atoms with Crippen molar-refractivity contribution in [3.63, 3.8) is 0 Å². The average Bonchev–Trinajstić information content (AvgIpc) is 2.97. The Morgan fingerprint density at radius 1 is 1.41 bits per heavy atom. The molecule has 6 heteroatoms. The largest absolute Gasteiger partial charge is 0.478 e. The molecule has 1 aromatic carbocycles. The molecule has 0 amide bonds. The average molecular weight is 304 g/mol. The fraction of sp³-hybridized carbons (Fsp3) is 0.562. The Labute approximate surface area is 130 Å². The summed E-state index contributed by atoms with van der Waals surface area (Å²) in [4.78, 5) is 11.7. The SMILES string of the molecule is CCCCC(CC)Cc1cc2n[nH]nc2c(CN)c1C(=O)O. The summed E-state index contributed by atoms with van der Waals surface area (Å²) in [6, 6.07) is 1.84. The first kappa shape index (κ1) is 16.4. The van der Waals surface area contributed by atoms with Gasteiger partial charge in [0.1, 0.15) is 11.0 Å². The molecule has 2 rings (SSSR count). The van der Waals surface area contributed by atoms with Crippen molar-refractivity contribution in [2.45, 2.75) is 52.5 Å². The number of carboxylic acid groups (broad SMARTS) is 1. The van der Waals surface area contributed by atoms with Gasteiger partial charge in [-0.2, -0.15) is 15.4 Å². The molecule has 1 heterocycles. The Kier molecular flexibility index (Phi) is 5.49. The molecule has 0 spiro atoms. The summed E-state index contributed by atoms with van der Waals surface area (Å²) in [5.74, 6) is -0.460. The summed E-state index contributed by atoms with van der Waals surface area (Å²) in [6.45, 7) is 4.47. The second-order valence-corrected chi connectivity index (χ2v) is 5.71. The van der Waals surface area contributed by atoms with E-state index in [1.807, 2.05) is 6.07 Å². The van der Waals surface area contributed by atoms with E-state index in [9.17, 15) is 9.90 Å². The lowest BCUT2D eigenvalue weighted by Crippen LogP contribution is -2.14. The number of H-pyrrole nitrogens is 1. The number of carboxylic acids is 1.